The molecule has 2 aromatic rings. The molecule has 0 saturated heterocycles. The van der Waals surface area contributed by atoms with Crippen LogP contribution in [0.2, 0.25) is 10.0 Å². The van der Waals surface area contributed by atoms with Crippen molar-refractivity contribution >= 4 is 34.5 Å². The molecule has 0 spiro atoms. The van der Waals surface area contributed by atoms with Crippen molar-refractivity contribution in [2.24, 2.45) is 5.73 Å². The van der Waals surface area contributed by atoms with Crippen LogP contribution >= 0.6 is 34.5 Å². The third-order valence-electron chi connectivity index (χ3n) is 3.43. The zero-order chi connectivity index (χ0) is 13.4. The lowest BCUT2D eigenvalue weighted by Crippen LogP contribution is -2.15. The van der Waals surface area contributed by atoms with E-state index in [2.05, 4.69) is 0 Å². The fourth-order valence-corrected chi connectivity index (χ4v) is 4.12. The minimum absolute atomic E-state index is 0.150. The van der Waals surface area contributed by atoms with Crippen LogP contribution in [0.1, 0.15) is 40.0 Å². The third kappa shape index (κ3) is 2.65. The van der Waals surface area contributed by atoms with E-state index in [-0.39, 0.29) is 6.04 Å². The predicted octanol–water partition coefficient (Wildman–Crippen LogP) is 4.38. The van der Waals surface area contributed by atoms with Crippen molar-refractivity contribution in [1.29, 1.82) is 0 Å². The molecule has 1 aliphatic rings. The average molecular weight is 313 g/mol. The highest BCUT2D eigenvalue weighted by molar-refractivity contribution is 7.11. The van der Waals surface area contributed by atoms with Crippen LogP contribution in [0, 0.1) is 0 Å². The number of aryl methyl sites for hydroxylation is 1. The van der Waals surface area contributed by atoms with E-state index in [0.29, 0.717) is 16.5 Å². The average Bonchev–Trinajstić information content (AvgIpc) is 2.78. The number of rotatable bonds is 2. The number of nitrogens with two attached hydrogens (primary N) is 1. The van der Waals surface area contributed by atoms with Gasteiger partial charge < -0.3 is 5.73 Å². The molecule has 3 rings (SSSR count). The van der Waals surface area contributed by atoms with E-state index < -0.39 is 0 Å². The Morgan fingerprint density at radius 1 is 1.32 bits per heavy atom. The number of thiazole rings is 1. The second-order valence-electron chi connectivity index (χ2n) is 4.79. The number of nitrogens with zero attached hydrogens (tertiary/aromatic N) is 1. The Morgan fingerprint density at radius 3 is 2.74 bits per heavy atom. The van der Waals surface area contributed by atoms with Crippen LogP contribution in [0.5, 0.6) is 0 Å². The number of hydrogen-bond donors (Lipinski definition) is 1. The summed E-state index contributed by atoms with van der Waals surface area (Å²) in [6.07, 6.45) is 3.91. The molecule has 1 atom stereocenters. The Morgan fingerprint density at radius 2 is 2.05 bits per heavy atom. The lowest BCUT2D eigenvalue weighted by atomic mass is 9.99. The van der Waals surface area contributed by atoms with E-state index in [9.17, 15) is 0 Å². The van der Waals surface area contributed by atoms with Gasteiger partial charge in [-0.1, -0.05) is 29.3 Å². The lowest BCUT2D eigenvalue weighted by Gasteiger charge is -2.15. The molecule has 2 N–H and O–H groups in total. The smallest absolute Gasteiger partial charge is 0.0976 e. The van der Waals surface area contributed by atoms with Gasteiger partial charge in [-0.25, -0.2) is 4.98 Å². The van der Waals surface area contributed by atoms with Gasteiger partial charge >= 0.3 is 0 Å². The van der Waals surface area contributed by atoms with Gasteiger partial charge in [-0.3, -0.25) is 0 Å². The minimum atomic E-state index is 0.150. The van der Waals surface area contributed by atoms with Crippen molar-refractivity contribution < 1.29 is 0 Å². The minimum Gasteiger partial charge on any atom is -0.323 e. The quantitative estimate of drug-likeness (QED) is 0.894. The molecule has 2 nitrogen and oxygen atoms in total. The summed E-state index contributed by atoms with van der Waals surface area (Å²) in [7, 11) is 0. The van der Waals surface area contributed by atoms with Crippen LogP contribution in [0.4, 0.5) is 0 Å². The molecule has 0 aliphatic heterocycles. The van der Waals surface area contributed by atoms with Crippen LogP contribution in [0.3, 0.4) is 0 Å². The molecule has 19 heavy (non-hydrogen) atoms. The normalized spacial score (nSPS) is 18.4. The number of halogens is 2. The summed E-state index contributed by atoms with van der Waals surface area (Å²) in [5.41, 5.74) is 8.25. The van der Waals surface area contributed by atoms with Crippen LogP contribution in [-0.4, -0.2) is 4.98 Å². The largest absolute Gasteiger partial charge is 0.323 e. The zero-order valence-electron chi connectivity index (χ0n) is 10.3. The second-order valence-corrected chi connectivity index (χ2v) is 6.72. The highest BCUT2D eigenvalue weighted by Crippen LogP contribution is 2.35. The third-order valence-corrected chi connectivity index (χ3v) is 5.36. The fourth-order valence-electron chi connectivity index (χ4n) is 2.43. The van der Waals surface area contributed by atoms with Gasteiger partial charge in [0.15, 0.2) is 0 Å². The Hall–Kier alpha value is -0.610. The van der Waals surface area contributed by atoms with Crippen molar-refractivity contribution in [2.75, 3.05) is 0 Å². The Balaban J connectivity index is 1.92. The summed E-state index contributed by atoms with van der Waals surface area (Å²) in [4.78, 5) is 5.94. The molecule has 1 heterocycles. The predicted molar refractivity (Wildman–Crippen MR) is 81.2 cm³/mol. The molecule has 0 saturated carbocycles. The molecular formula is C14H14Cl2N2S. The molecule has 1 aromatic carbocycles. The number of hydrogen-bond acceptors (Lipinski definition) is 3. The maximum absolute atomic E-state index is 6.20. The van der Waals surface area contributed by atoms with E-state index in [1.807, 2.05) is 18.2 Å². The Kier molecular flexibility index (Phi) is 3.81. The molecule has 1 aromatic heterocycles. The van der Waals surface area contributed by atoms with Gasteiger partial charge in [-0.05, 0) is 37.0 Å². The molecular weight excluding hydrogens is 299 g/mol. The van der Waals surface area contributed by atoms with E-state index >= 15 is 0 Å². The van der Waals surface area contributed by atoms with Crippen molar-refractivity contribution in [1.82, 2.24) is 4.98 Å². The second kappa shape index (κ2) is 5.41. The first-order chi connectivity index (χ1) is 9.15. The highest BCUT2D eigenvalue weighted by Gasteiger charge is 2.22. The van der Waals surface area contributed by atoms with E-state index in [4.69, 9.17) is 33.9 Å². The molecule has 1 unspecified atom stereocenters. The van der Waals surface area contributed by atoms with E-state index in [1.165, 1.54) is 10.6 Å². The summed E-state index contributed by atoms with van der Waals surface area (Å²) >= 11 is 14.1. The first-order valence-corrected chi connectivity index (χ1v) is 7.89. The summed E-state index contributed by atoms with van der Waals surface area (Å²) < 4.78 is 0. The molecule has 0 amide bonds. The molecule has 5 heteroatoms. The number of fused-ring (bicyclic) bond motifs is 1. The SMILES string of the molecule is NC1CCCc2nc(Cc3c(Cl)cccc3Cl)sc21. The van der Waals surface area contributed by atoms with E-state index in [0.717, 1.165) is 29.8 Å². The van der Waals surface area contributed by atoms with Crippen molar-refractivity contribution in [3.63, 3.8) is 0 Å². The summed E-state index contributed by atoms with van der Waals surface area (Å²) in [5.74, 6) is 0. The van der Waals surface area contributed by atoms with Crippen LogP contribution in [-0.2, 0) is 12.8 Å². The van der Waals surface area contributed by atoms with Gasteiger partial charge in [0, 0.05) is 27.4 Å². The van der Waals surface area contributed by atoms with Gasteiger partial charge in [0.05, 0.1) is 10.7 Å². The molecule has 100 valence electrons. The van der Waals surface area contributed by atoms with Crippen molar-refractivity contribution in [3.8, 4) is 0 Å². The fraction of sp³-hybridized carbons (Fsp3) is 0.357. The molecule has 0 bridgehead atoms. The van der Waals surface area contributed by atoms with Gasteiger partial charge in [0.25, 0.3) is 0 Å². The summed E-state index contributed by atoms with van der Waals surface area (Å²) in [6, 6.07) is 5.73. The van der Waals surface area contributed by atoms with Gasteiger partial charge in [0.2, 0.25) is 0 Å². The number of aromatic nitrogens is 1. The summed E-state index contributed by atoms with van der Waals surface area (Å²) in [6.45, 7) is 0. The maximum atomic E-state index is 6.20. The first-order valence-electron chi connectivity index (χ1n) is 6.32. The van der Waals surface area contributed by atoms with Crippen molar-refractivity contribution in [3.05, 3.63) is 49.4 Å². The van der Waals surface area contributed by atoms with Gasteiger partial charge in [-0.2, -0.15) is 0 Å². The Bertz CT molecular complexity index is 589. The molecule has 0 fully saturated rings. The Labute approximate surface area is 126 Å². The lowest BCUT2D eigenvalue weighted by molar-refractivity contribution is 0.573. The maximum Gasteiger partial charge on any atom is 0.0976 e. The topological polar surface area (TPSA) is 38.9 Å². The van der Waals surface area contributed by atoms with Crippen LogP contribution in [0.15, 0.2) is 18.2 Å². The zero-order valence-corrected chi connectivity index (χ0v) is 12.7. The van der Waals surface area contributed by atoms with Crippen molar-refractivity contribution in [2.45, 2.75) is 31.7 Å². The van der Waals surface area contributed by atoms with Crippen LogP contribution < -0.4 is 5.73 Å². The van der Waals surface area contributed by atoms with Gasteiger partial charge in [-0.15, -0.1) is 11.3 Å². The van der Waals surface area contributed by atoms with Crippen LogP contribution in [0.25, 0.3) is 0 Å². The highest BCUT2D eigenvalue weighted by atomic mass is 35.5. The van der Waals surface area contributed by atoms with E-state index in [1.54, 1.807) is 11.3 Å². The monoisotopic (exact) mass is 312 g/mol. The number of benzene rings is 1. The molecule has 0 radical (unpaired) electrons. The standard InChI is InChI=1S/C14H14Cl2N2S/c15-9-3-1-4-10(16)8(9)7-13-18-12-6-2-5-11(17)14(12)19-13/h1,3-4,11H,2,5-7,17H2. The first kappa shape index (κ1) is 13.4. The van der Waals surface area contributed by atoms with Gasteiger partial charge in [0.1, 0.15) is 0 Å². The summed E-state index contributed by atoms with van der Waals surface area (Å²) in [5, 5.41) is 2.45. The molecule has 1 aliphatic carbocycles.